The van der Waals surface area contributed by atoms with Crippen molar-refractivity contribution in [3.8, 4) is 9.75 Å². The highest BCUT2D eigenvalue weighted by Crippen LogP contribution is 2.32. The first kappa shape index (κ1) is 19.0. The van der Waals surface area contributed by atoms with Crippen LogP contribution in [0, 0.1) is 0 Å². The van der Waals surface area contributed by atoms with Crippen molar-refractivity contribution in [2.24, 2.45) is 0 Å². The molecule has 0 radical (unpaired) electrons. The number of benzene rings is 1. The van der Waals surface area contributed by atoms with Crippen LogP contribution in [0.5, 0.6) is 0 Å². The molecule has 0 spiro atoms. The second-order valence-corrected chi connectivity index (χ2v) is 8.12. The molecule has 0 N–H and O–H groups in total. The maximum Gasteiger partial charge on any atom is 0.348 e. The number of thiophene rings is 2. The molecule has 26 heavy (non-hydrogen) atoms. The van der Waals surface area contributed by atoms with E-state index in [0.29, 0.717) is 4.88 Å². The van der Waals surface area contributed by atoms with Crippen LogP contribution in [0.25, 0.3) is 9.75 Å². The van der Waals surface area contributed by atoms with Gasteiger partial charge in [0.2, 0.25) is 0 Å². The van der Waals surface area contributed by atoms with E-state index in [4.69, 9.17) is 4.74 Å². The van der Waals surface area contributed by atoms with Crippen molar-refractivity contribution in [1.29, 1.82) is 0 Å². The SMILES string of the molecule is Cl.O=C(OC1CCCN(c2ccccc2)C1)c1ccc(-c2cccs2)s1. The molecule has 6 heteroatoms. The minimum atomic E-state index is -0.201. The van der Waals surface area contributed by atoms with Gasteiger partial charge in [-0.2, -0.15) is 0 Å². The fourth-order valence-corrected chi connectivity index (χ4v) is 4.84. The van der Waals surface area contributed by atoms with Crippen LogP contribution < -0.4 is 4.90 Å². The van der Waals surface area contributed by atoms with Gasteiger partial charge in [0, 0.05) is 22.0 Å². The van der Waals surface area contributed by atoms with Gasteiger partial charge in [0.1, 0.15) is 11.0 Å². The van der Waals surface area contributed by atoms with Crippen molar-refractivity contribution in [2.45, 2.75) is 18.9 Å². The quantitative estimate of drug-likeness (QED) is 0.519. The third-order valence-electron chi connectivity index (χ3n) is 4.34. The second kappa shape index (κ2) is 8.71. The third kappa shape index (κ3) is 4.29. The van der Waals surface area contributed by atoms with E-state index in [1.807, 2.05) is 41.8 Å². The molecule has 1 unspecified atom stereocenters. The maximum atomic E-state index is 12.5. The van der Waals surface area contributed by atoms with Crippen molar-refractivity contribution in [2.75, 3.05) is 18.0 Å². The number of anilines is 1. The lowest BCUT2D eigenvalue weighted by molar-refractivity contribution is 0.0275. The van der Waals surface area contributed by atoms with Gasteiger partial charge in [-0.3, -0.25) is 0 Å². The number of rotatable bonds is 4. The minimum absolute atomic E-state index is 0. The van der Waals surface area contributed by atoms with Crippen LogP contribution in [0.1, 0.15) is 22.5 Å². The average Bonchev–Trinajstić information content (AvgIpc) is 3.34. The van der Waals surface area contributed by atoms with E-state index in [-0.39, 0.29) is 24.5 Å². The summed E-state index contributed by atoms with van der Waals surface area (Å²) < 4.78 is 5.79. The molecule has 0 bridgehead atoms. The van der Waals surface area contributed by atoms with Gasteiger partial charge in [0.15, 0.2) is 0 Å². The highest BCUT2D eigenvalue weighted by atomic mass is 35.5. The fourth-order valence-electron chi connectivity index (χ4n) is 3.12. The first-order valence-corrected chi connectivity index (χ1v) is 10.1. The first-order chi connectivity index (χ1) is 12.3. The Morgan fingerprint density at radius 1 is 1.04 bits per heavy atom. The number of piperidine rings is 1. The lowest BCUT2D eigenvalue weighted by Gasteiger charge is -2.33. The molecule has 1 saturated heterocycles. The normalized spacial score (nSPS) is 16.8. The average molecular weight is 406 g/mol. The summed E-state index contributed by atoms with van der Waals surface area (Å²) in [5.74, 6) is -0.201. The smallest absolute Gasteiger partial charge is 0.348 e. The van der Waals surface area contributed by atoms with Gasteiger partial charge in [-0.1, -0.05) is 24.3 Å². The number of hydrogen-bond donors (Lipinski definition) is 0. The summed E-state index contributed by atoms with van der Waals surface area (Å²) in [7, 11) is 0. The summed E-state index contributed by atoms with van der Waals surface area (Å²) in [6.45, 7) is 1.78. The Morgan fingerprint density at radius 2 is 1.88 bits per heavy atom. The molecule has 3 nitrogen and oxygen atoms in total. The molecule has 1 aliphatic heterocycles. The summed E-state index contributed by atoms with van der Waals surface area (Å²) in [5.41, 5.74) is 1.19. The lowest BCUT2D eigenvalue weighted by atomic mass is 10.1. The Morgan fingerprint density at radius 3 is 2.65 bits per heavy atom. The van der Waals surface area contributed by atoms with Gasteiger partial charge in [-0.05, 0) is 48.6 Å². The number of halogens is 1. The highest BCUT2D eigenvalue weighted by molar-refractivity contribution is 7.22. The van der Waals surface area contributed by atoms with Crippen molar-refractivity contribution in [3.05, 3.63) is 64.9 Å². The zero-order valence-corrected chi connectivity index (χ0v) is 16.6. The third-order valence-corrected chi connectivity index (χ3v) is 6.48. The van der Waals surface area contributed by atoms with E-state index in [1.54, 1.807) is 11.3 Å². The molecule has 3 aromatic rings. The second-order valence-electron chi connectivity index (χ2n) is 6.09. The highest BCUT2D eigenvalue weighted by Gasteiger charge is 2.24. The topological polar surface area (TPSA) is 29.5 Å². The monoisotopic (exact) mass is 405 g/mol. The summed E-state index contributed by atoms with van der Waals surface area (Å²) in [6.07, 6.45) is 1.92. The number of para-hydroxylation sites is 1. The zero-order valence-electron chi connectivity index (χ0n) is 14.2. The molecule has 136 valence electrons. The number of nitrogens with zero attached hydrogens (tertiary/aromatic N) is 1. The van der Waals surface area contributed by atoms with Gasteiger partial charge < -0.3 is 9.64 Å². The molecule has 4 rings (SSSR count). The van der Waals surface area contributed by atoms with Crippen molar-refractivity contribution < 1.29 is 9.53 Å². The van der Waals surface area contributed by atoms with Crippen LogP contribution in [-0.4, -0.2) is 25.2 Å². The molecule has 0 saturated carbocycles. The maximum absolute atomic E-state index is 12.5. The van der Waals surface area contributed by atoms with Crippen molar-refractivity contribution in [1.82, 2.24) is 0 Å². The largest absolute Gasteiger partial charge is 0.456 e. The molecule has 2 aromatic heterocycles. The van der Waals surface area contributed by atoms with Gasteiger partial charge >= 0.3 is 5.97 Å². The molecule has 0 aliphatic carbocycles. The molecule has 1 fully saturated rings. The van der Waals surface area contributed by atoms with E-state index < -0.39 is 0 Å². The summed E-state index contributed by atoms with van der Waals surface area (Å²) >= 11 is 3.19. The fraction of sp³-hybridized carbons (Fsp3) is 0.250. The van der Waals surface area contributed by atoms with E-state index in [2.05, 4.69) is 23.1 Å². The van der Waals surface area contributed by atoms with Gasteiger partial charge in [-0.25, -0.2) is 4.79 Å². The molecule has 1 atom stereocenters. The first-order valence-electron chi connectivity index (χ1n) is 8.44. The molecule has 3 heterocycles. The lowest BCUT2D eigenvalue weighted by Crippen LogP contribution is -2.40. The van der Waals surface area contributed by atoms with Crippen LogP contribution in [0.15, 0.2) is 60.0 Å². The van der Waals surface area contributed by atoms with Crippen LogP contribution in [0.4, 0.5) is 5.69 Å². The van der Waals surface area contributed by atoms with Gasteiger partial charge in [-0.15, -0.1) is 35.1 Å². The summed E-state index contributed by atoms with van der Waals surface area (Å²) in [4.78, 5) is 17.8. The van der Waals surface area contributed by atoms with Crippen LogP contribution in [-0.2, 0) is 4.74 Å². The van der Waals surface area contributed by atoms with E-state index in [1.165, 1.54) is 21.9 Å². The summed E-state index contributed by atoms with van der Waals surface area (Å²) in [5, 5.41) is 2.05. The van der Waals surface area contributed by atoms with Gasteiger partial charge in [0.05, 0.1) is 6.54 Å². The molecule has 1 aromatic carbocycles. The molecule has 0 amide bonds. The Labute approximate surface area is 167 Å². The minimum Gasteiger partial charge on any atom is -0.456 e. The number of esters is 1. The van der Waals surface area contributed by atoms with E-state index in [9.17, 15) is 4.79 Å². The zero-order chi connectivity index (χ0) is 17.1. The predicted molar refractivity (Wildman–Crippen MR) is 112 cm³/mol. The van der Waals surface area contributed by atoms with Crippen molar-refractivity contribution >= 4 is 46.7 Å². The van der Waals surface area contributed by atoms with E-state index >= 15 is 0 Å². The number of carbonyl (C=O) groups is 1. The van der Waals surface area contributed by atoms with Crippen molar-refractivity contribution in [3.63, 3.8) is 0 Å². The Bertz CT molecular complexity index is 833. The Kier molecular flexibility index (Phi) is 6.35. The Hall–Kier alpha value is -1.82. The molecular weight excluding hydrogens is 386 g/mol. The number of hydrogen-bond acceptors (Lipinski definition) is 5. The predicted octanol–water partition coefficient (Wildman–Crippen LogP) is 5.72. The van der Waals surface area contributed by atoms with E-state index in [0.717, 1.165) is 30.8 Å². The Balaban J connectivity index is 0.00000196. The van der Waals surface area contributed by atoms with Crippen LogP contribution in [0.3, 0.4) is 0 Å². The van der Waals surface area contributed by atoms with Crippen LogP contribution >= 0.6 is 35.1 Å². The molecule has 1 aliphatic rings. The standard InChI is InChI=1S/C20H19NO2S2.ClH/c22-20(19-11-10-18(25-19)17-9-5-13-24-17)23-16-8-4-12-21(14-16)15-6-2-1-3-7-15;/h1-3,5-7,9-11,13,16H,4,8,12,14H2;1H. The van der Waals surface area contributed by atoms with Gasteiger partial charge in [0.25, 0.3) is 0 Å². The van der Waals surface area contributed by atoms with Crippen LogP contribution in [0.2, 0.25) is 0 Å². The number of ether oxygens (including phenoxy) is 1. The summed E-state index contributed by atoms with van der Waals surface area (Å²) in [6, 6.07) is 18.3. The number of carbonyl (C=O) groups excluding carboxylic acids is 1. The molecular formula is C20H20ClNO2S2.